The van der Waals surface area contributed by atoms with Gasteiger partial charge in [0.2, 0.25) is 11.6 Å². The lowest BCUT2D eigenvalue weighted by Crippen LogP contribution is -2.60. The molecule has 1 aliphatic heterocycles. The van der Waals surface area contributed by atoms with Crippen LogP contribution in [-0.2, 0) is 11.0 Å². The van der Waals surface area contributed by atoms with Crippen molar-refractivity contribution in [1.29, 1.82) is 5.26 Å². The van der Waals surface area contributed by atoms with Gasteiger partial charge in [0.1, 0.15) is 11.4 Å². The number of hydrogen-bond donors (Lipinski definition) is 2. The summed E-state index contributed by atoms with van der Waals surface area (Å²) in [5, 5.41) is 9.96. The number of rotatable bonds is 4. The van der Waals surface area contributed by atoms with Crippen molar-refractivity contribution in [3.63, 3.8) is 0 Å². The van der Waals surface area contributed by atoms with Crippen molar-refractivity contribution in [3.8, 4) is 6.07 Å². The molecule has 2 unspecified atom stereocenters. The third-order valence-corrected chi connectivity index (χ3v) is 5.19. The number of amides is 1. The van der Waals surface area contributed by atoms with Gasteiger partial charge in [-0.3, -0.25) is 9.80 Å². The van der Waals surface area contributed by atoms with Crippen LogP contribution in [0.25, 0.3) is 0 Å². The molecule has 30 heavy (non-hydrogen) atoms. The van der Waals surface area contributed by atoms with Crippen LogP contribution in [0.15, 0.2) is 23.2 Å². The molecule has 1 heterocycles. The van der Waals surface area contributed by atoms with Gasteiger partial charge in [0, 0.05) is 6.20 Å². The standard InChI is InChI=1S/C15H9Cl3F6N4OS/c1-6(16)12(29)26-13(5-25)10(30-15(22,23)24)4-28(27-13)11-8(17)2-7(3-9(11)18)14(19,20)21/h2-4,6,27H,1H3,(H,26,29). The minimum Gasteiger partial charge on any atom is -0.319 e. The molecule has 0 spiro atoms. The number of anilines is 1. The summed E-state index contributed by atoms with van der Waals surface area (Å²) in [6, 6.07) is 2.54. The first-order chi connectivity index (χ1) is 13.6. The number of thioether (sulfide) groups is 1. The predicted octanol–water partition coefficient (Wildman–Crippen LogP) is 5.39. The zero-order valence-electron chi connectivity index (χ0n) is 14.4. The van der Waals surface area contributed by atoms with E-state index in [1.54, 1.807) is 0 Å². The van der Waals surface area contributed by atoms with Gasteiger partial charge in [-0.2, -0.15) is 37.0 Å². The molecule has 2 atom stereocenters. The van der Waals surface area contributed by atoms with Crippen molar-refractivity contribution in [2.24, 2.45) is 0 Å². The molecule has 0 saturated carbocycles. The summed E-state index contributed by atoms with van der Waals surface area (Å²) < 4.78 is 77.8. The van der Waals surface area contributed by atoms with Crippen molar-refractivity contribution in [1.82, 2.24) is 10.7 Å². The zero-order valence-corrected chi connectivity index (χ0v) is 17.5. The number of nitrogens with one attached hydrogen (secondary N) is 2. The molecule has 2 N–H and O–H groups in total. The number of benzene rings is 1. The molecule has 1 aliphatic rings. The number of halogens is 9. The molecule has 1 aromatic rings. The van der Waals surface area contributed by atoms with E-state index >= 15 is 0 Å². The van der Waals surface area contributed by atoms with E-state index < -0.39 is 60.9 Å². The number of hydrogen-bond acceptors (Lipinski definition) is 5. The van der Waals surface area contributed by atoms with Crippen LogP contribution in [0, 0.1) is 11.3 Å². The second kappa shape index (κ2) is 8.55. The maximum atomic E-state index is 13.0. The van der Waals surface area contributed by atoms with Crippen molar-refractivity contribution in [2.45, 2.75) is 29.6 Å². The van der Waals surface area contributed by atoms with E-state index in [1.807, 2.05) is 5.32 Å². The molecule has 2 rings (SSSR count). The van der Waals surface area contributed by atoms with Gasteiger partial charge in [-0.05, 0) is 30.8 Å². The fourth-order valence-electron chi connectivity index (χ4n) is 2.27. The van der Waals surface area contributed by atoms with Gasteiger partial charge in [0.25, 0.3) is 0 Å². The van der Waals surface area contributed by atoms with Crippen LogP contribution in [0.2, 0.25) is 10.0 Å². The Bertz CT molecular complexity index is 907. The van der Waals surface area contributed by atoms with E-state index in [9.17, 15) is 36.4 Å². The summed E-state index contributed by atoms with van der Waals surface area (Å²) in [7, 11) is 0. The minimum absolute atomic E-state index is 0.364. The highest BCUT2D eigenvalue weighted by Crippen LogP contribution is 2.46. The molecule has 5 nitrogen and oxygen atoms in total. The Hall–Kier alpha value is -1.52. The number of carbonyl (C=O) groups excluding carboxylic acids is 1. The lowest BCUT2D eigenvalue weighted by atomic mass is 10.2. The molecular weight excluding hydrogens is 505 g/mol. The van der Waals surface area contributed by atoms with Crippen LogP contribution >= 0.6 is 46.6 Å². The van der Waals surface area contributed by atoms with Crippen molar-refractivity contribution >= 4 is 58.2 Å². The first kappa shape index (κ1) is 24.7. The molecule has 0 fully saturated rings. The predicted molar refractivity (Wildman–Crippen MR) is 101 cm³/mol. The van der Waals surface area contributed by atoms with Crippen LogP contribution in [0.3, 0.4) is 0 Å². The summed E-state index contributed by atoms with van der Waals surface area (Å²) in [5.74, 6) is -0.981. The highest BCUT2D eigenvalue weighted by atomic mass is 35.5. The summed E-state index contributed by atoms with van der Waals surface area (Å²) in [4.78, 5) is 11.2. The van der Waals surface area contributed by atoms with E-state index in [0.29, 0.717) is 12.1 Å². The van der Waals surface area contributed by atoms with Gasteiger partial charge in [0.05, 0.1) is 26.2 Å². The topological polar surface area (TPSA) is 68.2 Å². The fraction of sp³-hybridized carbons (Fsp3) is 0.333. The number of nitriles is 1. The number of hydrazine groups is 1. The van der Waals surface area contributed by atoms with Gasteiger partial charge >= 0.3 is 11.7 Å². The maximum absolute atomic E-state index is 13.0. The van der Waals surface area contributed by atoms with Crippen LogP contribution < -0.4 is 15.8 Å². The largest absolute Gasteiger partial charge is 0.446 e. The van der Waals surface area contributed by atoms with Gasteiger partial charge in [0.15, 0.2) is 0 Å². The summed E-state index contributed by atoms with van der Waals surface area (Å²) in [6.07, 6.45) is -4.04. The summed E-state index contributed by atoms with van der Waals surface area (Å²) in [6.45, 7) is 1.22. The first-order valence-electron chi connectivity index (χ1n) is 7.58. The Morgan fingerprint density at radius 3 is 2.20 bits per heavy atom. The fourth-order valence-corrected chi connectivity index (χ4v) is 3.70. The van der Waals surface area contributed by atoms with E-state index in [0.717, 1.165) is 11.2 Å². The van der Waals surface area contributed by atoms with E-state index in [4.69, 9.17) is 34.8 Å². The number of nitrogens with zero attached hydrogens (tertiary/aromatic N) is 2. The van der Waals surface area contributed by atoms with E-state index in [-0.39, 0.29) is 5.69 Å². The van der Waals surface area contributed by atoms with Gasteiger partial charge in [-0.25, -0.2) is 0 Å². The zero-order chi connectivity index (χ0) is 23.1. The third kappa shape index (κ3) is 5.39. The smallest absolute Gasteiger partial charge is 0.319 e. The molecule has 0 radical (unpaired) electrons. The van der Waals surface area contributed by atoms with Crippen molar-refractivity contribution in [3.05, 3.63) is 38.8 Å². The second-order valence-electron chi connectivity index (χ2n) is 5.78. The Morgan fingerprint density at radius 1 is 1.27 bits per heavy atom. The van der Waals surface area contributed by atoms with Crippen molar-refractivity contribution < 1.29 is 31.1 Å². The van der Waals surface area contributed by atoms with Crippen LogP contribution in [0.5, 0.6) is 0 Å². The minimum atomic E-state index is -4.86. The lowest BCUT2D eigenvalue weighted by Gasteiger charge is -2.29. The Balaban J connectivity index is 2.56. The molecule has 1 aromatic carbocycles. The number of carbonyl (C=O) groups is 1. The van der Waals surface area contributed by atoms with Crippen LogP contribution in [0.4, 0.5) is 32.0 Å². The third-order valence-electron chi connectivity index (χ3n) is 3.55. The highest BCUT2D eigenvalue weighted by Gasteiger charge is 2.49. The summed E-state index contributed by atoms with van der Waals surface area (Å²) >= 11 is 16.6. The maximum Gasteiger partial charge on any atom is 0.446 e. The number of alkyl halides is 7. The molecule has 164 valence electrons. The van der Waals surface area contributed by atoms with Crippen LogP contribution in [-0.4, -0.2) is 22.5 Å². The molecule has 15 heteroatoms. The molecule has 0 aliphatic carbocycles. The molecule has 1 amide bonds. The van der Waals surface area contributed by atoms with Gasteiger partial charge < -0.3 is 5.32 Å². The Labute approximate surface area is 184 Å². The monoisotopic (exact) mass is 512 g/mol. The van der Waals surface area contributed by atoms with E-state index in [2.05, 4.69) is 5.43 Å². The highest BCUT2D eigenvalue weighted by molar-refractivity contribution is 8.04. The van der Waals surface area contributed by atoms with Crippen LogP contribution in [0.1, 0.15) is 12.5 Å². The van der Waals surface area contributed by atoms with Crippen molar-refractivity contribution in [2.75, 3.05) is 5.01 Å². The normalized spacial score (nSPS) is 20.6. The molecular formula is C15H9Cl3F6N4OS. The lowest BCUT2D eigenvalue weighted by molar-refractivity contribution is -0.137. The SMILES string of the molecule is CC(Cl)C(=O)NC1(C#N)NN(c2c(Cl)cc(C(F)(F)F)cc2Cl)C=C1SC(F)(F)F. The average Bonchev–Trinajstić information content (AvgIpc) is 2.89. The van der Waals surface area contributed by atoms with Gasteiger partial charge in [-0.1, -0.05) is 23.2 Å². The Morgan fingerprint density at radius 2 is 1.80 bits per heavy atom. The molecule has 0 saturated heterocycles. The Kier molecular flexibility index (Phi) is 7.05. The van der Waals surface area contributed by atoms with E-state index in [1.165, 1.54) is 13.0 Å². The van der Waals surface area contributed by atoms with Gasteiger partial charge in [-0.15, -0.1) is 11.6 Å². The second-order valence-corrected chi connectivity index (χ2v) is 8.35. The quantitative estimate of drug-likeness (QED) is 0.417. The first-order valence-corrected chi connectivity index (χ1v) is 9.59. The molecule has 0 bridgehead atoms. The molecule has 0 aromatic heterocycles. The average molecular weight is 514 g/mol. The summed E-state index contributed by atoms with van der Waals surface area (Å²) in [5.41, 5.74) is -6.57.